The number of benzene rings is 2. The number of aromatic hydroxyl groups is 1. The van der Waals surface area contributed by atoms with Crippen LogP contribution in [0.5, 0.6) is 5.75 Å². The fourth-order valence-electron chi connectivity index (χ4n) is 4.19. The van der Waals surface area contributed by atoms with Gasteiger partial charge in [0.1, 0.15) is 5.75 Å². The maximum atomic E-state index is 13.0. The van der Waals surface area contributed by atoms with E-state index in [-0.39, 0.29) is 28.4 Å². The lowest BCUT2D eigenvalue weighted by molar-refractivity contribution is -0.110. The molecule has 0 unspecified atom stereocenters. The number of sulfonamides is 1. The van der Waals surface area contributed by atoms with Crippen molar-refractivity contribution in [2.24, 2.45) is 0 Å². The van der Waals surface area contributed by atoms with Gasteiger partial charge in [-0.2, -0.15) is 0 Å². The Hall–Kier alpha value is -2.72. The van der Waals surface area contributed by atoms with E-state index in [9.17, 15) is 18.3 Å². The van der Waals surface area contributed by atoms with Crippen molar-refractivity contribution in [2.75, 3.05) is 31.6 Å². The first kappa shape index (κ1) is 24.4. The highest BCUT2D eigenvalue weighted by Gasteiger charge is 2.28. The van der Waals surface area contributed by atoms with Crippen LogP contribution in [0.1, 0.15) is 61.8 Å². The summed E-state index contributed by atoms with van der Waals surface area (Å²) in [5.41, 5.74) is 3.87. The molecule has 0 aliphatic carbocycles. The molecule has 0 aromatic heterocycles. The number of nitrogens with one attached hydrogen (secondary N) is 2. The number of phenols is 1. The predicted molar refractivity (Wildman–Crippen MR) is 132 cm³/mol. The number of hydrazine groups is 1. The van der Waals surface area contributed by atoms with Crippen LogP contribution >= 0.6 is 0 Å². The molecule has 182 valence electrons. The Morgan fingerprint density at radius 1 is 1.06 bits per heavy atom. The summed E-state index contributed by atoms with van der Waals surface area (Å²) in [6.07, 6.45) is 1.75. The zero-order chi connectivity index (χ0) is 24.6. The summed E-state index contributed by atoms with van der Waals surface area (Å²) in [4.78, 5) is 15.5. The van der Waals surface area contributed by atoms with Gasteiger partial charge in [-0.3, -0.25) is 4.79 Å². The Kier molecular flexibility index (Phi) is 6.82. The summed E-state index contributed by atoms with van der Waals surface area (Å²) in [7, 11) is -3.82. The highest BCUT2D eigenvalue weighted by Crippen LogP contribution is 2.38. The second-order valence-electron chi connectivity index (χ2n) is 9.27. The molecule has 1 amide bonds. The molecule has 0 radical (unpaired) electrons. The van der Waals surface area contributed by atoms with Gasteiger partial charge in [-0.05, 0) is 64.9 Å². The number of rotatable bonds is 6. The Labute approximate surface area is 200 Å². The molecule has 1 saturated heterocycles. The smallest absolute Gasteiger partial charge is 0.256 e. The van der Waals surface area contributed by atoms with E-state index in [0.29, 0.717) is 43.1 Å². The molecule has 0 spiro atoms. The molecule has 2 heterocycles. The third-order valence-corrected chi connectivity index (χ3v) is 7.46. The van der Waals surface area contributed by atoms with Gasteiger partial charge in [0.15, 0.2) is 0 Å². The van der Waals surface area contributed by atoms with Gasteiger partial charge >= 0.3 is 0 Å². The first-order chi connectivity index (χ1) is 16.1. The van der Waals surface area contributed by atoms with Gasteiger partial charge in [-0.25, -0.2) is 13.4 Å². The van der Waals surface area contributed by atoms with E-state index in [4.69, 9.17) is 4.74 Å². The first-order valence-electron chi connectivity index (χ1n) is 11.5. The van der Waals surface area contributed by atoms with Gasteiger partial charge in [0.25, 0.3) is 15.9 Å². The minimum absolute atomic E-state index is 0.0802. The molecular weight excluding hydrogens is 454 g/mol. The molecule has 2 aromatic rings. The molecule has 2 aliphatic rings. The summed E-state index contributed by atoms with van der Waals surface area (Å²) in [5.74, 6) is 0.189. The van der Waals surface area contributed by atoms with Crippen LogP contribution in [0.15, 0.2) is 35.2 Å². The SMILES string of the molecule is CC(C)c1cc(C=C2C(=O)Nc3ccc(S(=O)(=O)NN4CCOCC4)cc32)cc(C(C)C)c1O. The summed E-state index contributed by atoms with van der Waals surface area (Å²) < 4.78 is 31.2. The molecule has 0 bridgehead atoms. The lowest BCUT2D eigenvalue weighted by atomic mass is 9.90. The minimum atomic E-state index is -3.82. The molecule has 9 heteroatoms. The van der Waals surface area contributed by atoms with Crippen LogP contribution in [-0.4, -0.2) is 50.7 Å². The van der Waals surface area contributed by atoms with Gasteiger partial charge in [0, 0.05) is 29.9 Å². The molecule has 8 nitrogen and oxygen atoms in total. The van der Waals surface area contributed by atoms with Crippen LogP contribution in [0.2, 0.25) is 0 Å². The van der Waals surface area contributed by atoms with Crippen molar-refractivity contribution in [3.8, 4) is 5.75 Å². The summed E-state index contributed by atoms with van der Waals surface area (Å²) in [6, 6.07) is 8.38. The highest BCUT2D eigenvalue weighted by atomic mass is 32.2. The van der Waals surface area contributed by atoms with Crippen LogP contribution in [0, 0.1) is 0 Å². The van der Waals surface area contributed by atoms with Gasteiger partial charge in [-0.1, -0.05) is 27.7 Å². The normalized spacial score (nSPS) is 18.1. The lowest BCUT2D eigenvalue weighted by Crippen LogP contribution is -2.48. The van der Waals surface area contributed by atoms with E-state index in [0.717, 1.165) is 16.7 Å². The van der Waals surface area contributed by atoms with Gasteiger partial charge in [0.2, 0.25) is 0 Å². The third-order valence-electron chi connectivity index (χ3n) is 6.09. The summed E-state index contributed by atoms with van der Waals surface area (Å²) in [5, 5.41) is 15.1. The molecule has 1 fully saturated rings. The largest absolute Gasteiger partial charge is 0.507 e. The maximum Gasteiger partial charge on any atom is 0.256 e. The van der Waals surface area contributed by atoms with Crippen LogP contribution in [-0.2, 0) is 19.6 Å². The second-order valence-corrected chi connectivity index (χ2v) is 10.9. The van der Waals surface area contributed by atoms with Gasteiger partial charge in [0.05, 0.1) is 18.1 Å². The Bertz CT molecular complexity index is 1220. The zero-order valence-electron chi connectivity index (χ0n) is 19.9. The standard InChI is InChI=1S/C25H31N3O5S/c1-15(2)19-11-17(12-20(16(3)4)24(19)29)13-22-21-14-18(5-6-23(21)26-25(22)30)34(31,32)27-28-7-9-33-10-8-28/h5-6,11-16,27,29H,7-10H2,1-4H3,(H,26,30). The summed E-state index contributed by atoms with van der Waals surface area (Å²) in [6.45, 7) is 9.87. The van der Waals surface area contributed by atoms with Crippen LogP contribution in [0.25, 0.3) is 11.6 Å². The fraction of sp³-hybridized carbons (Fsp3) is 0.400. The van der Waals surface area contributed by atoms with Crippen molar-refractivity contribution in [1.82, 2.24) is 9.84 Å². The molecular formula is C25H31N3O5S. The molecule has 2 aromatic carbocycles. The van der Waals surface area contributed by atoms with E-state index in [2.05, 4.69) is 10.1 Å². The average Bonchev–Trinajstić information content (AvgIpc) is 3.09. The fourth-order valence-corrected chi connectivity index (χ4v) is 5.34. The topological polar surface area (TPSA) is 108 Å². The Balaban J connectivity index is 1.73. The van der Waals surface area contributed by atoms with E-state index < -0.39 is 10.0 Å². The molecule has 0 saturated carbocycles. The van der Waals surface area contributed by atoms with E-state index >= 15 is 0 Å². The van der Waals surface area contributed by atoms with Crippen molar-refractivity contribution in [1.29, 1.82) is 0 Å². The van der Waals surface area contributed by atoms with Crippen molar-refractivity contribution in [2.45, 2.75) is 44.4 Å². The van der Waals surface area contributed by atoms with Gasteiger partial charge in [-0.15, -0.1) is 4.83 Å². The number of morpholine rings is 1. The Morgan fingerprint density at radius 2 is 1.68 bits per heavy atom. The quantitative estimate of drug-likeness (QED) is 0.539. The molecule has 34 heavy (non-hydrogen) atoms. The first-order valence-corrected chi connectivity index (χ1v) is 12.9. The minimum Gasteiger partial charge on any atom is -0.507 e. The van der Waals surface area contributed by atoms with E-state index in [1.165, 1.54) is 12.1 Å². The van der Waals surface area contributed by atoms with E-state index in [1.807, 2.05) is 39.8 Å². The number of hydrogen-bond acceptors (Lipinski definition) is 6. The van der Waals surface area contributed by atoms with Crippen molar-refractivity contribution < 1.29 is 23.1 Å². The van der Waals surface area contributed by atoms with Crippen LogP contribution in [0.4, 0.5) is 5.69 Å². The van der Waals surface area contributed by atoms with Crippen LogP contribution in [0.3, 0.4) is 0 Å². The Morgan fingerprint density at radius 3 is 2.26 bits per heavy atom. The number of anilines is 1. The zero-order valence-corrected chi connectivity index (χ0v) is 20.7. The number of phenolic OH excluding ortho intramolecular Hbond substituents is 1. The number of fused-ring (bicyclic) bond motifs is 1. The number of nitrogens with zero attached hydrogens (tertiary/aromatic N) is 1. The second kappa shape index (κ2) is 9.50. The molecule has 3 N–H and O–H groups in total. The van der Waals surface area contributed by atoms with Crippen LogP contribution < -0.4 is 10.1 Å². The van der Waals surface area contributed by atoms with Crippen molar-refractivity contribution in [3.05, 3.63) is 52.6 Å². The molecule has 4 rings (SSSR count). The number of hydrogen-bond donors (Lipinski definition) is 3. The van der Waals surface area contributed by atoms with Gasteiger partial charge < -0.3 is 15.2 Å². The van der Waals surface area contributed by atoms with E-state index in [1.54, 1.807) is 17.2 Å². The van der Waals surface area contributed by atoms with Crippen molar-refractivity contribution >= 4 is 33.3 Å². The number of amides is 1. The molecule has 0 atom stereocenters. The highest BCUT2D eigenvalue weighted by molar-refractivity contribution is 7.89. The number of carbonyl (C=O) groups is 1. The summed E-state index contributed by atoms with van der Waals surface area (Å²) >= 11 is 0. The third kappa shape index (κ3) is 4.88. The monoisotopic (exact) mass is 485 g/mol. The lowest BCUT2D eigenvalue weighted by Gasteiger charge is -2.26. The predicted octanol–water partition coefficient (Wildman–Crippen LogP) is 3.66. The number of carbonyl (C=O) groups excluding carboxylic acids is 1. The molecule has 2 aliphatic heterocycles. The number of ether oxygens (including phenoxy) is 1. The average molecular weight is 486 g/mol. The van der Waals surface area contributed by atoms with Crippen molar-refractivity contribution in [3.63, 3.8) is 0 Å². The maximum absolute atomic E-state index is 13.0.